The smallest absolute Gasteiger partial charge is 0.183 e. The summed E-state index contributed by atoms with van der Waals surface area (Å²) in [7, 11) is -3.26. The first-order valence-electron chi connectivity index (χ1n) is 9.08. The Bertz CT molecular complexity index is 1110. The van der Waals surface area contributed by atoms with Crippen molar-refractivity contribution in [2.45, 2.75) is 29.5 Å². The molecule has 6 heteroatoms. The molecule has 5 rings (SSSR count). The molecule has 27 heavy (non-hydrogen) atoms. The number of aromatic nitrogens is 1. The molecule has 0 unspecified atom stereocenters. The Labute approximate surface area is 163 Å². The molecule has 0 amide bonds. The van der Waals surface area contributed by atoms with Gasteiger partial charge >= 0.3 is 0 Å². The average molecular weight is 397 g/mol. The number of sulfone groups is 1. The van der Waals surface area contributed by atoms with Gasteiger partial charge in [0.05, 0.1) is 15.8 Å². The van der Waals surface area contributed by atoms with E-state index in [-0.39, 0.29) is 11.2 Å². The van der Waals surface area contributed by atoms with Gasteiger partial charge in [0.15, 0.2) is 9.84 Å². The highest BCUT2D eigenvalue weighted by atomic mass is 32.2. The van der Waals surface area contributed by atoms with Gasteiger partial charge in [0.25, 0.3) is 0 Å². The highest BCUT2D eigenvalue weighted by Gasteiger charge is 2.50. The van der Waals surface area contributed by atoms with Crippen molar-refractivity contribution in [1.82, 2.24) is 9.88 Å². The third-order valence-corrected chi connectivity index (χ3v) is 8.59. The number of thiophene rings is 1. The third-order valence-electron chi connectivity index (χ3n) is 5.64. The number of hydrogen-bond donors (Lipinski definition) is 0. The molecular weight excluding hydrogens is 376 g/mol. The molecule has 1 aromatic carbocycles. The van der Waals surface area contributed by atoms with Crippen LogP contribution in [0.2, 0.25) is 0 Å². The molecule has 2 atom stereocenters. The summed E-state index contributed by atoms with van der Waals surface area (Å²) < 4.78 is 26.2. The summed E-state index contributed by atoms with van der Waals surface area (Å²) in [5.41, 5.74) is 5.24. The molecule has 0 saturated carbocycles. The van der Waals surface area contributed by atoms with Gasteiger partial charge in [-0.2, -0.15) is 11.3 Å². The summed E-state index contributed by atoms with van der Waals surface area (Å²) in [5.74, 6) is 0.0494. The predicted octanol–water partition coefficient (Wildman–Crippen LogP) is 3.87. The molecule has 0 spiro atoms. The van der Waals surface area contributed by atoms with E-state index in [4.69, 9.17) is 0 Å². The van der Waals surface area contributed by atoms with Gasteiger partial charge in [-0.15, -0.1) is 0 Å². The van der Waals surface area contributed by atoms with Gasteiger partial charge in [-0.3, -0.25) is 9.88 Å². The van der Waals surface area contributed by atoms with Crippen LogP contribution in [0.4, 0.5) is 0 Å². The molecule has 4 heterocycles. The molecule has 2 aliphatic rings. The average Bonchev–Trinajstić information content (AvgIpc) is 3.34. The van der Waals surface area contributed by atoms with Gasteiger partial charge < -0.3 is 0 Å². The first-order chi connectivity index (χ1) is 13.0. The van der Waals surface area contributed by atoms with Crippen LogP contribution in [0.3, 0.4) is 0 Å². The van der Waals surface area contributed by atoms with Crippen LogP contribution in [0, 0.1) is 6.92 Å². The Morgan fingerprint density at radius 1 is 1.15 bits per heavy atom. The van der Waals surface area contributed by atoms with Crippen LogP contribution in [-0.4, -0.2) is 36.6 Å². The quantitative estimate of drug-likeness (QED) is 0.674. The van der Waals surface area contributed by atoms with E-state index in [1.807, 2.05) is 42.6 Å². The topological polar surface area (TPSA) is 50.3 Å². The molecule has 1 saturated heterocycles. The van der Waals surface area contributed by atoms with E-state index in [1.165, 1.54) is 0 Å². The van der Waals surface area contributed by atoms with E-state index in [0.29, 0.717) is 18.0 Å². The van der Waals surface area contributed by atoms with Crippen molar-refractivity contribution in [3.63, 3.8) is 0 Å². The summed E-state index contributed by atoms with van der Waals surface area (Å²) in [5, 5.41) is 3.82. The normalized spacial score (nSPS) is 23.3. The Hall–Kier alpha value is -2.02. The zero-order chi connectivity index (χ0) is 18.6. The standard InChI is InChI=1S/C21H20N2O2S2/c1-14-3-2-4-17(22-14)10-23-11-19-18-9-15(16-7-8-26-13-16)5-6-20(18)27(24,25)21(19)12-23/h2-9,13,19,21H,10-12H2,1H3/t19-,21+/m0/s1. The molecule has 4 nitrogen and oxygen atoms in total. The van der Waals surface area contributed by atoms with Crippen LogP contribution < -0.4 is 0 Å². The van der Waals surface area contributed by atoms with E-state index in [2.05, 4.69) is 27.4 Å². The molecule has 0 bridgehead atoms. The summed E-state index contributed by atoms with van der Waals surface area (Å²) in [6.07, 6.45) is 0. The number of aryl methyl sites for hydroxylation is 1. The zero-order valence-corrected chi connectivity index (χ0v) is 16.6. The molecule has 0 radical (unpaired) electrons. The molecular formula is C21H20N2O2S2. The minimum absolute atomic E-state index is 0.0494. The second kappa shape index (κ2) is 6.26. The maximum absolute atomic E-state index is 13.1. The fraction of sp³-hybridized carbons (Fsp3) is 0.286. The second-order valence-corrected chi connectivity index (χ2v) is 10.3. The lowest BCUT2D eigenvalue weighted by molar-refractivity contribution is 0.321. The van der Waals surface area contributed by atoms with Crippen LogP contribution in [-0.2, 0) is 16.4 Å². The Kier molecular flexibility index (Phi) is 3.96. The molecule has 3 aromatic rings. The van der Waals surface area contributed by atoms with Gasteiger partial charge in [0.1, 0.15) is 0 Å². The molecule has 0 aliphatic carbocycles. The number of nitrogens with zero attached hydrogens (tertiary/aromatic N) is 2. The third kappa shape index (κ3) is 2.83. The van der Waals surface area contributed by atoms with Crippen molar-refractivity contribution in [3.05, 3.63) is 70.2 Å². The number of pyridine rings is 1. The Balaban J connectivity index is 1.47. The molecule has 138 valence electrons. The Morgan fingerprint density at radius 2 is 2.04 bits per heavy atom. The van der Waals surface area contributed by atoms with E-state index < -0.39 is 9.84 Å². The molecule has 2 aromatic heterocycles. The minimum atomic E-state index is -3.26. The first kappa shape index (κ1) is 17.1. The van der Waals surface area contributed by atoms with E-state index >= 15 is 0 Å². The predicted molar refractivity (Wildman–Crippen MR) is 108 cm³/mol. The van der Waals surface area contributed by atoms with Crippen LogP contribution in [0.25, 0.3) is 11.1 Å². The van der Waals surface area contributed by atoms with Crippen molar-refractivity contribution in [1.29, 1.82) is 0 Å². The number of hydrogen-bond acceptors (Lipinski definition) is 5. The number of fused-ring (bicyclic) bond motifs is 3. The monoisotopic (exact) mass is 396 g/mol. The Morgan fingerprint density at radius 3 is 2.81 bits per heavy atom. The van der Waals surface area contributed by atoms with Crippen LogP contribution in [0.5, 0.6) is 0 Å². The molecule has 0 N–H and O–H groups in total. The SMILES string of the molecule is Cc1cccc(CN2C[C@@H]3[C@@H](C2)c2cc(-c4ccsc4)ccc2S3(=O)=O)n1. The van der Waals surface area contributed by atoms with Crippen molar-refractivity contribution < 1.29 is 8.42 Å². The lowest BCUT2D eigenvalue weighted by Gasteiger charge is -2.17. The molecule has 1 fully saturated rings. The van der Waals surface area contributed by atoms with Gasteiger partial charge in [0.2, 0.25) is 0 Å². The maximum atomic E-state index is 13.1. The zero-order valence-electron chi connectivity index (χ0n) is 15.0. The number of benzene rings is 1. The largest absolute Gasteiger partial charge is 0.296 e. The summed E-state index contributed by atoms with van der Waals surface area (Å²) in [4.78, 5) is 7.33. The van der Waals surface area contributed by atoms with Crippen molar-refractivity contribution in [3.8, 4) is 11.1 Å². The van der Waals surface area contributed by atoms with E-state index in [0.717, 1.165) is 34.6 Å². The fourth-order valence-corrected chi connectivity index (χ4v) is 7.24. The first-order valence-corrected chi connectivity index (χ1v) is 11.6. The minimum Gasteiger partial charge on any atom is -0.296 e. The summed E-state index contributed by atoms with van der Waals surface area (Å²) in [6, 6.07) is 13.9. The van der Waals surface area contributed by atoms with Gasteiger partial charge in [-0.25, -0.2) is 8.42 Å². The highest BCUT2D eigenvalue weighted by Crippen LogP contribution is 2.46. The van der Waals surface area contributed by atoms with Gasteiger partial charge in [-0.05, 0) is 64.7 Å². The summed E-state index contributed by atoms with van der Waals surface area (Å²) >= 11 is 1.66. The van der Waals surface area contributed by atoms with Crippen LogP contribution in [0.15, 0.2) is 58.1 Å². The summed E-state index contributed by atoms with van der Waals surface area (Å²) in [6.45, 7) is 4.02. The van der Waals surface area contributed by atoms with Crippen LogP contribution in [0.1, 0.15) is 22.9 Å². The maximum Gasteiger partial charge on any atom is 0.183 e. The number of rotatable bonds is 3. The van der Waals surface area contributed by atoms with Gasteiger partial charge in [0, 0.05) is 31.2 Å². The van der Waals surface area contributed by atoms with E-state index in [1.54, 1.807) is 11.3 Å². The highest BCUT2D eigenvalue weighted by molar-refractivity contribution is 7.92. The lowest BCUT2D eigenvalue weighted by atomic mass is 9.95. The van der Waals surface area contributed by atoms with Crippen molar-refractivity contribution >= 4 is 21.2 Å². The van der Waals surface area contributed by atoms with Crippen molar-refractivity contribution in [2.24, 2.45) is 0 Å². The van der Waals surface area contributed by atoms with Crippen LogP contribution >= 0.6 is 11.3 Å². The second-order valence-electron chi connectivity index (χ2n) is 7.42. The van der Waals surface area contributed by atoms with Gasteiger partial charge in [-0.1, -0.05) is 12.1 Å². The fourth-order valence-electron chi connectivity index (χ4n) is 4.38. The number of likely N-dealkylation sites (tertiary alicyclic amines) is 1. The lowest BCUT2D eigenvalue weighted by Crippen LogP contribution is -2.26. The van der Waals surface area contributed by atoms with E-state index in [9.17, 15) is 8.42 Å². The molecule has 2 aliphatic heterocycles. The van der Waals surface area contributed by atoms with Crippen molar-refractivity contribution in [2.75, 3.05) is 13.1 Å².